The summed E-state index contributed by atoms with van der Waals surface area (Å²) in [4.78, 5) is 22.1. The van der Waals surface area contributed by atoms with Gasteiger partial charge in [0.15, 0.2) is 0 Å². The Morgan fingerprint density at radius 2 is 1.94 bits per heavy atom. The third-order valence-electron chi connectivity index (χ3n) is 2.22. The minimum Gasteiger partial charge on any atom is -0.469 e. The zero-order valence-corrected chi connectivity index (χ0v) is 9.90. The molecule has 0 aliphatic carbocycles. The van der Waals surface area contributed by atoms with Gasteiger partial charge in [0.2, 0.25) is 0 Å². The zero-order valence-electron chi connectivity index (χ0n) is 9.90. The Kier molecular flexibility index (Phi) is 4.94. The molecule has 0 fully saturated rings. The molecule has 1 N–H and O–H groups in total. The lowest BCUT2D eigenvalue weighted by Crippen LogP contribution is -2.17. The van der Waals surface area contributed by atoms with Crippen LogP contribution in [0.15, 0.2) is 30.3 Å². The molecule has 0 radical (unpaired) electrons. The Labute approximate surface area is 100 Å². The van der Waals surface area contributed by atoms with Crippen LogP contribution >= 0.6 is 0 Å². The number of carbonyl (C=O) groups excluding carboxylic acids is 2. The fourth-order valence-electron chi connectivity index (χ4n) is 1.26. The van der Waals surface area contributed by atoms with Gasteiger partial charge in [0.1, 0.15) is 0 Å². The fraction of sp³-hybridized carbons (Fsp3) is 0.231. The number of hydrogen-bond acceptors (Lipinski definition) is 3. The molecule has 1 rings (SSSR count). The van der Waals surface area contributed by atoms with E-state index >= 15 is 0 Å². The van der Waals surface area contributed by atoms with Crippen LogP contribution in [-0.2, 0) is 9.53 Å². The van der Waals surface area contributed by atoms with E-state index in [-0.39, 0.29) is 18.3 Å². The molecule has 1 aromatic carbocycles. The van der Waals surface area contributed by atoms with Crippen molar-refractivity contribution in [1.29, 1.82) is 0 Å². The molecular weight excluding hydrogens is 218 g/mol. The topological polar surface area (TPSA) is 55.4 Å². The van der Waals surface area contributed by atoms with Crippen LogP contribution in [0.5, 0.6) is 0 Å². The maximum Gasteiger partial charge on any atom is 0.309 e. The molecule has 1 amide bonds. The summed E-state index contributed by atoms with van der Waals surface area (Å²) in [5.74, 6) is -0.390. The first kappa shape index (κ1) is 13.0. The van der Waals surface area contributed by atoms with Crippen molar-refractivity contribution < 1.29 is 14.3 Å². The summed E-state index contributed by atoms with van der Waals surface area (Å²) in [5, 5.41) is 2.55. The average molecular weight is 233 g/mol. The van der Waals surface area contributed by atoms with Gasteiger partial charge in [-0.05, 0) is 17.7 Å². The predicted molar refractivity (Wildman–Crippen MR) is 65.5 cm³/mol. The van der Waals surface area contributed by atoms with E-state index in [1.54, 1.807) is 25.3 Å². The van der Waals surface area contributed by atoms with Crippen LogP contribution < -0.4 is 5.32 Å². The number of esters is 1. The van der Waals surface area contributed by atoms with E-state index in [1.807, 2.05) is 18.2 Å². The minimum atomic E-state index is -0.275. The van der Waals surface area contributed by atoms with Crippen LogP contribution in [0.2, 0.25) is 0 Å². The van der Waals surface area contributed by atoms with Crippen molar-refractivity contribution in [1.82, 2.24) is 5.32 Å². The smallest absolute Gasteiger partial charge is 0.309 e. The van der Waals surface area contributed by atoms with Crippen molar-refractivity contribution in [2.45, 2.75) is 6.42 Å². The number of rotatable bonds is 4. The van der Waals surface area contributed by atoms with E-state index in [0.29, 0.717) is 5.56 Å². The number of methoxy groups -OCH3 is 1. The maximum absolute atomic E-state index is 11.3. The second-order valence-corrected chi connectivity index (χ2v) is 3.38. The first-order valence-corrected chi connectivity index (χ1v) is 5.23. The molecule has 0 saturated carbocycles. The monoisotopic (exact) mass is 233 g/mol. The molecule has 0 aliphatic rings. The van der Waals surface area contributed by atoms with Crippen LogP contribution in [0.25, 0.3) is 6.08 Å². The van der Waals surface area contributed by atoms with Gasteiger partial charge in [-0.2, -0.15) is 0 Å². The first-order valence-electron chi connectivity index (χ1n) is 5.23. The van der Waals surface area contributed by atoms with Crippen LogP contribution in [0.1, 0.15) is 22.3 Å². The highest BCUT2D eigenvalue weighted by Gasteiger charge is 2.00. The van der Waals surface area contributed by atoms with Crippen molar-refractivity contribution >= 4 is 18.0 Å². The van der Waals surface area contributed by atoms with Gasteiger partial charge in [0.05, 0.1) is 13.5 Å². The second kappa shape index (κ2) is 6.48. The van der Waals surface area contributed by atoms with Crippen LogP contribution in [0, 0.1) is 0 Å². The van der Waals surface area contributed by atoms with Gasteiger partial charge in [-0.25, -0.2) is 0 Å². The summed E-state index contributed by atoms with van der Waals surface area (Å²) in [6, 6.07) is 7.10. The normalized spacial score (nSPS) is 10.2. The molecule has 4 heteroatoms. The highest BCUT2D eigenvalue weighted by atomic mass is 16.5. The maximum atomic E-state index is 11.3. The van der Waals surface area contributed by atoms with Crippen LogP contribution in [-0.4, -0.2) is 26.0 Å². The third-order valence-corrected chi connectivity index (χ3v) is 2.22. The molecule has 90 valence electrons. The number of amides is 1. The summed E-state index contributed by atoms with van der Waals surface area (Å²) in [6.07, 6.45) is 3.78. The molecule has 0 saturated heterocycles. The van der Waals surface area contributed by atoms with E-state index < -0.39 is 0 Å². The van der Waals surface area contributed by atoms with E-state index in [0.717, 1.165) is 5.56 Å². The van der Waals surface area contributed by atoms with E-state index in [9.17, 15) is 9.59 Å². The van der Waals surface area contributed by atoms with Gasteiger partial charge in [-0.1, -0.05) is 24.3 Å². The van der Waals surface area contributed by atoms with Crippen LogP contribution in [0.4, 0.5) is 0 Å². The number of ether oxygens (including phenoxy) is 1. The fourth-order valence-corrected chi connectivity index (χ4v) is 1.26. The minimum absolute atomic E-state index is 0.116. The number of nitrogens with one attached hydrogen (secondary N) is 1. The molecule has 17 heavy (non-hydrogen) atoms. The molecule has 0 bridgehead atoms. The lowest BCUT2D eigenvalue weighted by atomic mass is 10.1. The van der Waals surface area contributed by atoms with E-state index in [2.05, 4.69) is 10.1 Å². The standard InChI is InChI=1S/C13H15NO3/c1-14-13(16)11-8-6-10(7-9-11)4-3-5-12(15)17-2/h3-4,6-9H,5H2,1-2H3,(H,14,16). The average Bonchev–Trinajstić information content (AvgIpc) is 2.38. The largest absolute Gasteiger partial charge is 0.469 e. The van der Waals surface area contributed by atoms with Crippen molar-refractivity contribution in [2.75, 3.05) is 14.2 Å². The lowest BCUT2D eigenvalue weighted by Gasteiger charge is -1.99. The molecule has 0 aromatic heterocycles. The van der Waals surface area contributed by atoms with Gasteiger partial charge in [-0.15, -0.1) is 0 Å². The SMILES string of the molecule is CNC(=O)c1ccc(C=CCC(=O)OC)cc1. The van der Waals surface area contributed by atoms with E-state index in [1.165, 1.54) is 7.11 Å². The van der Waals surface area contributed by atoms with Gasteiger partial charge < -0.3 is 10.1 Å². The molecule has 0 heterocycles. The van der Waals surface area contributed by atoms with Crippen LogP contribution in [0.3, 0.4) is 0 Å². The Morgan fingerprint density at radius 1 is 1.29 bits per heavy atom. The molecule has 0 spiro atoms. The summed E-state index contributed by atoms with van der Waals surface area (Å²) in [7, 11) is 2.95. The first-order chi connectivity index (χ1) is 8.17. The van der Waals surface area contributed by atoms with Crippen molar-refractivity contribution in [3.63, 3.8) is 0 Å². The summed E-state index contributed by atoms with van der Waals surface area (Å²) in [5.41, 5.74) is 1.54. The highest BCUT2D eigenvalue weighted by molar-refractivity contribution is 5.94. The molecule has 0 unspecified atom stereocenters. The Bertz CT molecular complexity index is 421. The van der Waals surface area contributed by atoms with Crippen molar-refractivity contribution in [3.8, 4) is 0 Å². The Morgan fingerprint density at radius 3 is 2.47 bits per heavy atom. The molecule has 0 atom stereocenters. The Hall–Kier alpha value is -2.10. The van der Waals surface area contributed by atoms with Gasteiger partial charge in [0.25, 0.3) is 5.91 Å². The quantitative estimate of drug-likeness (QED) is 0.804. The number of hydrogen-bond donors (Lipinski definition) is 1. The van der Waals surface area contributed by atoms with Crippen molar-refractivity contribution in [2.24, 2.45) is 0 Å². The number of benzene rings is 1. The summed E-state index contributed by atoms with van der Waals surface area (Å²) in [6.45, 7) is 0. The summed E-state index contributed by atoms with van der Waals surface area (Å²) >= 11 is 0. The molecule has 4 nitrogen and oxygen atoms in total. The molecule has 1 aromatic rings. The second-order valence-electron chi connectivity index (χ2n) is 3.38. The molecular formula is C13H15NO3. The van der Waals surface area contributed by atoms with Crippen molar-refractivity contribution in [3.05, 3.63) is 41.5 Å². The molecule has 0 aliphatic heterocycles. The predicted octanol–water partition coefficient (Wildman–Crippen LogP) is 1.62. The third kappa shape index (κ3) is 4.10. The summed E-state index contributed by atoms with van der Waals surface area (Å²) < 4.78 is 4.51. The zero-order chi connectivity index (χ0) is 12.7. The number of carbonyl (C=O) groups is 2. The van der Waals surface area contributed by atoms with Gasteiger partial charge in [0, 0.05) is 12.6 Å². The lowest BCUT2D eigenvalue weighted by molar-refractivity contribution is -0.139. The Balaban J connectivity index is 2.62. The van der Waals surface area contributed by atoms with Gasteiger partial charge >= 0.3 is 5.97 Å². The highest BCUT2D eigenvalue weighted by Crippen LogP contribution is 2.06. The van der Waals surface area contributed by atoms with Gasteiger partial charge in [-0.3, -0.25) is 9.59 Å². The van der Waals surface area contributed by atoms with E-state index in [4.69, 9.17) is 0 Å².